The van der Waals surface area contributed by atoms with Crippen LogP contribution in [0.1, 0.15) is 52.9 Å². The van der Waals surface area contributed by atoms with Gasteiger partial charge >= 0.3 is 0 Å². The number of hydrogen-bond donors (Lipinski definition) is 2. The number of benzene rings is 2. The molecule has 0 fully saturated rings. The van der Waals surface area contributed by atoms with Gasteiger partial charge in [0.05, 0.1) is 13.2 Å². The lowest BCUT2D eigenvalue weighted by Gasteiger charge is -2.28. The molecule has 0 radical (unpaired) electrons. The molecule has 1 heterocycles. The summed E-state index contributed by atoms with van der Waals surface area (Å²) in [6.45, 7) is 5.98. The molecule has 2 aromatic rings. The molecular weight excluding hydrogens is 300 g/mol. The van der Waals surface area contributed by atoms with Crippen molar-refractivity contribution in [2.75, 3.05) is 13.7 Å². The highest BCUT2D eigenvalue weighted by Crippen LogP contribution is 2.26. The molecule has 1 amide bonds. The molecule has 2 N–H and O–H groups in total. The van der Waals surface area contributed by atoms with Crippen LogP contribution < -0.4 is 15.4 Å². The summed E-state index contributed by atoms with van der Waals surface area (Å²) in [5.74, 6) is 1.11. The van der Waals surface area contributed by atoms with Gasteiger partial charge in [-0.1, -0.05) is 38.1 Å². The predicted molar refractivity (Wildman–Crippen MR) is 95.4 cm³/mol. The Morgan fingerprint density at radius 3 is 2.83 bits per heavy atom. The maximum Gasteiger partial charge on any atom is 0.251 e. The van der Waals surface area contributed by atoms with Crippen molar-refractivity contribution in [3.8, 4) is 5.75 Å². The predicted octanol–water partition coefficient (Wildman–Crippen LogP) is 3.39. The van der Waals surface area contributed by atoms with E-state index in [0.29, 0.717) is 17.2 Å². The highest BCUT2D eigenvalue weighted by atomic mass is 16.5. The topological polar surface area (TPSA) is 50.4 Å². The number of methoxy groups -OCH3 is 1. The molecule has 1 aliphatic heterocycles. The first-order valence-corrected chi connectivity index (χ1v) is 8.37. The highest BCUT2D eigenvalue weighted by molar-refractivity contribution is 5.94. The van der Waals surface area contributed by atoms with Crippen molar-refractivity contribution in [1.29, 1.82) is 0 Å². The lowest BCUT2D eigenvalue weighted by Crippen LogP contribution is -2.39. The third-order valence-electron chi connectivity index (χ3n) is 4.51. The molecule has 0 bridgehead atoms. The van der Waals surface area contributed by atoms with Crippen molar-refractivity contribution < 1.29 is 9.53 Å². The third kappa shape index (κ3) is 3.44. The van der Waals surface area contributed by atoms with Crippen LogP contribution in [0.15, 0.2) is 42.5 Å². The fourth-order valence-corrected chi connectivity index (χ4v) is 3.07. The van der Waals surface area contributed by atoms with E-state index in [-0.39, 0.29) is 11.9 Å². The van der Waals surface area contributed by atoms with E-state index in [9.17, 15) is 4.79 Å². The van der Waals surface area contributed by atoms with Gasteiger partial charge in [0, 0.05) is 18.7 Å². The number of hydrogen-bond acceptors (Lipinski definition) is 3. The molecule has 1 aliphatic rings. The van der Waals surface area contributed by atoms with Crippen LogP contribution in [0.25, 0.3) is 0 Å². The van der Waals surface area contributed by atoms with Gasteiger partial charge in [-0.25, -0.2) is 0 Å². The fraction of sp³-hybridized carbons (Fsp3) is 0.350. The molecule has 0 aromatic heterocycles. The first-order valence-electron chi connectivity index (χ1n) is 8.37. The number of nitrogens with one attached hydrogen (secondary N) is 2. The number of carbonyl (C=O) groups is 1. The van der Waals surface area contributed by atoms with Gasteiger partial charge in [-0.15, -0.1) is 0 Å². The van der Waals surface area contributed by atoms with Gasteiger partial charge in [0.25, 0.3) is 5.91 Å². The zero-order valence-electron chi connectivity index (χ0n) is 14.4. The van der Waals surface area contributed by atoms with Gasteiger partial charge in [0.2, 0.25) is 0 Å². The van der Waals surface area contributed by atoms with Gasteiger partial charge in [-0.3, -0.25) is 4.79 Å². The minimum atomic E-state index is -0.0820. The van der Waals surface area contributed by atoms with Crippen molar-refractivity contribution >= 4 is 5.91 Å². The second-order valence-electron chi connectivity index (χ2n) is 6.50. The van der Waals surface area contributed by atoms with E-state index >= 15 is 0 Å². The second-order valence-corrected chi connectivity index (χ2v) is 6.50. The van der Waals surface area contributed by atoms with E-state index in [1.165, 1.54) is 16.7 Å². The van der Waals surface area contributed by atoms with Crippen LogP contribution in [0, 0.1) is 0 Å². The highest BCUT2D eigenvalue weighted by Gasteiger charge is 2.22. The summed E-state index contributed by atoms with van der Waals surface area (Å²) < 4.78 is 5.19. The largest absolute Gasteiger partial charge is 0.497 e. The maximum absolute atomic E-state index is 12.6. The van der Waals surface area contributed by atoms with Crippen molar-refractivity contribution in [1.82, 2.24) is 10.6 Å². The first-order chi connectivity index (χ1) is 11.6. The Hall–Kier alpha value is -2.33. The normalized spacial score (nSPS) is 16.6. The Kier molecular flexibility index (Phi) is 4.86. The van der Waals surface area contributed by atoms with Gasteiger partial charge in [0.1, 0.15) is 5.75 Å². The molecule has 0 saturated carbocycles. The molecule has 1 unspecified atom stereocenters. The lowest BCUT2D eigenvalue weighted by molar-refractivity contribution is 0.0934. The SMILES string of the molecule is COc1cccc(C(=O)NC2CNCc3cc(C(C)C)ccc32)c1. The summed E-state index contributed by atoms with van der Waals surface area (Å²) >= 11 is 0. The number of carbonyl (C=O) groups excluding carboxylic acids is 1. The Labute approximate surface area is 143 Å². The molecule has 0 aliphatic carbocycles. The van der Waals surface area contributed by atoms with Crippen molar-refractivity contribution in [3.63, 3.8) is 0 Å². The smallest absolute Gasteiger partial charge is 0.251 e. The molecule has 126 valence electrons. The van der Waals surface area contributed by atoms with E-state index in [1.54, 1.807) is 19.2 Å². The fourth-order valence-electron chi connectivity index (χ4n) is 3.07. The molecule has 0 spiro atoms. The molecule has 2 aromatic carbocycles. The Morgan fingerprint density at radius 1 is 1.25 bits per heavy atom. The van der Waals surface area contributed by atoms with Crippen molar-refractivity contribution in [2.45, 2.75) is 32.4 Å². The number of fused-ring (bicyclic) bond motifs is 1. The zero-order chi connectivity index (χ0) is 17.1. The first kappa shape index (κ1) is 16.5. The van der Waals surface area contributed by atoms with Crippen LogP contribution >= 0.6 is 0 Å². The van der Waals surface area contributed by atoms with E-state index in [0.717, 1.165) is 13.1 Å². The zero-order valence-corrected chi connectivity index (χ0v) is 14.4. The van der Waals surface area contributed by atoms with Crippen LogP contribution in [0.4, 0.5) is 0 Å². The van der Waals surface area contributed by atoms with E-state index < -0.39 is 0 Å². The summed E-state index contributed by atoms with van der Waals surface area (Å²) in [6, 6.07) is 13.8. The molecule has 3 rings (SSSR count). The summed E-state index contributed by atoms with van der Waals surface area (Å²) in [4.78, 5) is 12.6. The van der Waals surface area contributed by atoms with Crippen LogP contribution in [-0.2, 0) is 6.54 Å². The van der Waals surface area contributed by atoms with Crippen molar-refractivity contribution in [2.24, 2.45) is 0 Å². The molecular formula is C20H24N2O2. The quantitative estimate of drug-likeness (QED) is 0.906. The standard InChI is InChI=1S/C20H24N2O2/c1-13(2)14-7-8-18-16(9-14)11-21-12-19(18)22-20(23)15-5-4-6-17(10-15)24-3/h4-10,13,19,21H,11-12H2,1-3H3,(H,22,23). The van der Waals surface area contributed by atoms with E-state index in [1.807, 2.05) is 12.1 Å². The second kappa shape index (κ2) is 7.05. The molecule has 0 saturated heterocycles. The monoisotopic (exact) mass is 324 g/mol. The average Bonchev–Trinajstić information content (AvgIpc) is 2.61. The Morgan fingerprint density at radius 2 is 2.08 bits per heavy atom. The third-order valence-corrected chi connectivity index (χ3v) is 4.51. The molecule has 24 heavy (non-hydrogen) atoms. The van der Waals surface area contributed by atoms with Crippen LogP contribution in [0.3, 0.4) is 0 Å². The van der Waals surface area contributed by atoms with Crippen LogP contribution in [0.2, 0.25) is 0 Å². The molecule has 1 atom stereocenters. The Bertz CT molecular complexity index is 740. The van der Waals surface area contributed by atoms with Gasteiger partial charge in [-0.05, 0) is 40.8 Å². The number of amides is 1. The van der Waals surface area contributed by atoms with E-state index in [4.69, 9.17) is 4.74 Å². The summed E-state index contributed by atoms with van der Waals surface area (Å²) in [6.07, 6.45) is 0. The summed E-state index contributed by atoms with van der Waals surface area (Å²) in [7, 11) is 1.60. The van der Waals surface area contributed by atoms with E-state index in [2.05, 4.69) is 42.7 Å². The minimum absolute atomic E-state index is 0.0198. The van der Waals surface area contributed by atoms with Gasteiger partial charge in [-0.2, -0.15) is 0 Å². The molecule has 4 nitrogen and oxygen atoms in total. The lowest BCUT2D eigenvalue weighted by atomic mass is 9.91. The van der Waals surface area contributed by atoms with Gasteiger partial charge in [0.15, 0.2) is 0 Å². The van der Waals surface area contributed by atoms with Crippen LogP contribution in [-0.4, -0.2) is 19.6 Å². The number of ether oxygens (including phenoxy) is 1. The number of rotatable bonds is 4. The Balaban J connectivity index is 1.80. The maximum atomic E-state index is 12.6. The molecule has 4 heteroatoms. The minimum Gasteiger partial charge on any atom is -0.497 e. The van der Waals surface area contributed by atoms with Gasteiger partial charge < -0.3 is 15.4 Å². The summed E-state index contributed by atoms with van der Waals surface area (Å²) in [5.41, 5.74) is 4.41. The summed E-state index contributed by atoms with van der Waals surface area (Å²) in [5, 5.41) is 6.53. The average molecular weight is 324 g/mol. The van der Waals surface area contributed by atoms with Crippen molar-refractivity contribution in [3.05, 3.63) is 64.7 Å². The van der Waals surface area contributed by atoms with Crippen LogP contribution in [0.5, 0.6) is 5.75 Å².